The first-order chi connectivity index (χ1) is 15.4. The van der Waals surface area contributed by atoms with Gasteiger partial charge in [-0.2, -0.15) is 18.3 Å². The maximum absolute atomic E-state index is 13.1. The van der Waals surface area contributed by atoms with Gasteiger partial charge < -0.3 is 9.84 Å². The Morgan fingerprint density at radius 3 is 2.52 bits per heavy atom. The summed E-state index contributed by atoms with van der Waals surface area (Å²) in [5, 5.41) is 14.4. The number of aryl methyl sites for hydroxylation is 1. The number of aliphatic hydroxyl groups is 1. The number of sulfonamides is 1. The molecule has 0 aromatic carbocycles. The predicted molar refractivity (Wildman–Crippen MR) is 108 cm³/mol. The normalized spacial score (nSPS) is 19.3. The van der Waals surface area contributed by atoms with Crippen molar-refractivity contribution in [1.82, 2.24) is 19.7 Å². The first-order valence-electron chi connectivity index (χ1n) is 9.29. The zero-order chi connectivity index (χ0) is 24.2. The van der Waals surface area contributed by atoms with Crippen LogP contribution in [0, 0.1) is 0 Å². The molecule has 3 aromatic rings. The molecule has 0 radical (unpaired) electrons. The number of pyridine rings is 2. The van der Waals surface area contributed by atoms with Crippen molar-refractivity contribution in [1.29, 1.82) is 0 Å². The molecule has 3 aromatic heterocycles. The number of ether oxygens (including phenoxy) is 1. The Morgan fingerprint density at radius 2 is 1.94 bits per heavy atom. The van der Waals surface area contributed by atoms with Gasteiger partial charge in [-0.1, -0.05) is 0 Å². The van der Waals surface area contributed by atoms with Crippen LogP contribution in [0.1, 0.15) is 6.42 Å². The first kappa shape index (κ1) is 22.7. The van der Waals surface area contributed by atoms with E-state index in [1.807, 2.05) is 0 Å². The summed E-state index contributed by atoms with van der Waals surface area (Å²) in [4.78, 5) is 20.2. The smallest absolute Gasteiger partial charge is 0.419 e. The summed E-state index contributed by atoms with van der Waals surface area (Å²) in [5.74, 6) is -1.23. The van der Waals surface area contributed by atoms with Crippen LogP contribution in [0.5, 0.6) is 5.88 Å². The zero-order valence-electron chi connectivity index (χ0n) is 17.2. The molecule has 1 saturated heterocycles. The van der Waals surface area contributed by atoms with Crippen LogP contribution in [0.15, 0.2) is 35.6 Å². The molecule has 4 heterocycles. The molecule has 1 amide bonds. The number of rotatable bonds is 5. The average Bonchev–Trinajstić information content (AvgIpc) is 3.28. The molecule has 0 bridgehead atoms. The highest BCUT2D eigenvalue weighted by molar-refractivity contribution is 7.92. The van der Waals surface area contributed by atoms with E-state index < -0.39 is 40.7 Å². The number of alkyl halides is 3. The maximum atomic E-state index is 13.1. The lowest BCUT2D eigenvalue weighted by Crippen LogP contribution is -2.47. The van der Waals surface area contributed by atoms with Gasteiger partial charge in [0.05, 0.1) is 31.8 Å². The summed E-state index contributed by atoms with van der Waals surface area (Å²) >= 11 is 0. The molecule has 1 atom stereocenters. The quantitative estimate of drug-likeness (QED) is 0.549. The second-order valence-corrected chi connectivity index (χ2v) is 9.04. The number of halogens is 3. The summed E-state index contributed by atoms with van der Waals surface area (Å²) < 4.78 is 74.0. The highest BCUT2D eigenvalue weighted by atomic mass is 32.2. The third kappa shape index (κ3) is 3.82. The van der Waals surface area contributed by atoms with Crippen molar-refractivity contribution in [3.05, 3.63) is 30.7 Å². The van der Waals surface area contributed by atoms with E-state index in [4.69, 9.17) is 4.74 Å². The molecule has 15 heteroatoms. The number of carbonyl (C=O) groups excluding carboxylic acids is 1. The van der Waals surface area contributed by atoms with E-state index in [9.17, 15) is 31.5 Å². The van der Waals surface area contributed by atoms with Crippen LogP contribution in [0.3, 0.4) is 0 Å². The summed E-state index contributed by atoms with van der Waals surface area (Å²) in [7, 11) is -1.32. The number of hydrogen-bond donors (Lipinski definition) is 2. The highest BCUT2D eigenvalue weighted by Crippen LogP contribution is 2.39. The monoisotopic (exact) mass is 486 g/mol. The number of anilines is 2. The standard InChI is InChI=1S/C18H17F3N6O5S/c1-26-15-10(7-24-26)6-23-16(32-2)14(15)25-33(30,31)11-3-4-12(22-8-11)27-9-17(29,5-13(27)28)18(19,20)21/h3-4,6-8,25,29H,5,9H2,1-2H3/t17-/m1/s1. The van der Waals surface area contributed by atoms with E-state index >= 15 is 0 Å². The molecular weight excluding hydrogens is 469 g/mol. The van der Waals surface area contributed by atoms with Gasteiger partial charge >= 0.3 is 6.18 Å². The van der Waals surface area contributed by atoms with Crippen molar-refractivity contribution in [2.24, 2.45) is 7.05 Å². The van der Waals surface area contributed by atoms with Crippen LogP contribution in [-0.4, -0.2) is 64.6 Å². The van der Waals surface area contributed by atoms with E-state index in [2.05, 4.69) is 19.8 Å². The van der Waals surface area contributed by atoms with E-state index in [1.54, 1.807) is 7.05 Å². The van der Waals surface area contributed by atoms with Gasteiger partial charge in [0.2, 0.25) is 11.8 Å². The molecule has 0 unspecified atom stereocenters. The Balaban J connectivity index is 1.63. The fraction of sp³-hybridized carbons (Fsp3) is 0.333. The summed E-state index contributed by atoms with van der Waals surface area (Å²) in [6.45, 7) is -1.04. The molecule has 176 valence electrons. The lowest BCUT2D eigenvalue weighted by atomic mass is 10.0. The van der Waals surface area contributed by atoms with Crippen LogP contribution in [-0.2, 0) is 21.9 Å². The average molecular weight is 486 g/mol. The van der Waals surface area contributed by atoms with Crippen molar-refractivity contribution in [2.75, 3.05) is 23.3 Å². The van der Waals surface area contributed by atoms with Gasteiger partial charge in [-0.25, -0.2) is 18.4 Å². The summed E-state index contributed by atoms with van der Waals surface area (Å²) in [5.41, 5.74) is -2.77. The van der Waals surface area contributed by atoms with Gasteiger partial charge in [0.1, 0.15) is 16.4 Å². The van der Waals surface area contributed by atoms with Gasteiger partial charge in [0.15, 0.2) is 5.60 Å². The van der Waals surface area contributed by atoms with E-state index in [-0.39, 0.29) is 22.3 Å². The fourth-order valence-electron chi connectivity index (χ4n) is 3.43. The molecule has 2 N–H and O–H groups in total. The maximum Gasteiger partial charge on any atom is 0.419 e. The first-order valence-corrected chi connectivity index (χ1v) is 10.8. The lowest BCUT2D eigenvalue weighted by molar-refractivity contribution is -0.250. The summed E-state index contributed by atoms with van der Waals surface area (Å²) in [6, 6.07) is 2.15. The van der Waals surface area contributed by atoms with Gasteiger partial charge in [-0.3, -0.25) is 19.1 Å². The van der Waals surface area contributed by atoms with E-state index in [0.717, 1.165) is 18.3 Å². The molecule has 1 fully saturated rings. The fourth-order valence-corrected chi connectivity index (χ4v) is 4.44. The minimum absolute atomic E-state index is 0.00615. The van der Waals surface area contributed by atoms with Crippen molar-refractivity contribution in [3.8, 4) is 5.88 Å². The number of hydrogen-bond acceptors (Lipinski definition) is 8. The zero-order valence-corrected chi connectivity index (χ0v) is 18.0. The minimum Gasteiger partial charge on any atom is -0.479 e. The third-order valence-corrected chi connectivity index (χ3v) is 6.50. The van der Waals surface area contributed by atoms with Crippen molar-refractivity contribution in [3.63, 3.8) is 0 Å². The molecule has 11 nitrogen and oxygen atoms in total. The van der Waals surface area contributed by atoms with Gasteiger partial charge in [-0.15, -0.1) is 0 Å². The number of fused-ring (bicyclic) bond motifs is 1. The van der Waals surface area contributed by atoms with E-state index in [1.165, 1.54) is 24.2 Å². The highest BCUT2D eigenvalue weighted by Gasteiger charge is 2.60. The summed E-state index contributed by atoms with van der Waals surface area (Å²) in [6.07, 6.45) is -2.32. The molecule has 4 rings (SSSR count). The Morgan fingerprint density at radius 1 is 1.21 bits per heavy atom. The Bertz CT molecular complexity index is 1340. The number of methoxy groups -OCH3 is 1. The number of nitrogens with zero attached hydrogens (tertiary/aromatic N) is 5. The minimum atomic E-state index is -5.01. The number of aromatic nitrogens is 4. The van der Waals surface area contributed by atoms with Crippen LogP contribution >= 0.6 is 0 Å². The van der Waals surface area contributed by atoms with Gasteiger partial charge in [0.25, 0.3) is 10.0 Å². The molecule has 33 heavy (non-hydrogen) atoms. The van der Waals surface area contributed by atoms with Crippen LogP contribution < -0.4 is 14.4 Å². The number of β-amino-alcohol motifs (C(OH)–C–C–N with tert-alkyl or cyclic N) is 1. The number of nitrogens with one attached hydrogen (secondary N) is 1. The number of amides is 1. The second-order valence-electron chi connectivity index (χ2n) is 7.36. The Kier molecular flexibility index (Phi) is 5.20. The molecule has 0 spiro atoms. The second kappa shape index (κ2) is 7.55. The SMILES string of the molecule is COc1ncc2cnn(C)c2c1NS(=O)(=O)c1ccc(N2C[C@@](O)(C(F)(F)F)CC2=O)nc1. The predicted octanol–water partition coefficient (Wildman–Crippen LogP) is 1.20. The lowest BCUT2D eigenvalue weighted by Gasteiger charge is -2.25. The molecular formula is C18H17F3N6O5S. The Hall–Kier alpha value is -3.46. The van der Waals surface area contributed by atoms with Crippen LogP contribution in [0.2, 0.25) is 0 Å². The van der Waals surface area contributed by atoms with Crippen molar-refractivity contribution >= 4 is 38.3 Å². The topological polar surface area (TPSA) is 140 Å². The number of carbonyl (C=O) groups is 1. The molecule has 1 aliphatic heterocycles. The molecule has 0 aliphatic carbocycles. The van der Waals surface area contributed by atoms with Crippen molar-refractivity contribution in [2.45, 2.75) is 23.1 Å². The van der Waals surface area contributed by atoms with Gasteiger partial charge in [-0.05, 0) is 12.1 Å². The van der Waals surface area contributed by atoms with E-state index in [0.29, 0.717) is 15.8 Å². The Labute approximate surface area is 184 Å². The molecule has 1 aliphatic rings. The van der Waals surface area contributed by atoms with Crippen molar-refractivity contribution < 1.29 is 36.2 Å². The third-order valence-electron chi connectivity index (χ3n) is 5.17. The van der Waals surface area contributed by atoms with Crippen LogP contribution in [0.4, 0.5) is 24.7 Å². The molecule has 0 saturated carbocycles. The van der Waals surface area contributed by atoms with Crippen LogP contribution in [0.25, 0.3) is 10.9 Å². The largest absolute Gasteiger partial charge is 0.479 e. The van der Waals surface area contributed by atoms with Gasteiger partial charge in [0, 0.05) is 24.8 Å².